The number of carbonyl (C=O) groups excluding carboxylic acids is 4. The molecule has 202 valence electrons. The summed E-state index contributed by atoms with van der Waals surface area (Å²) in [5.41, 5.74) is 0.631. The maximum atomic E-state index is 13.6. The lowest BCUT2D eigenvalue weighted by atomic mass is 10.0. The molecular weight excluding hydrogens is 486 g/mol. The highest BCUT2D eigenvalue weighted by Gasteiger charge is 2.41. The Labute approximate surface area is 222 Å². The number of phenolic OH excluding ortho intramolecular Hbond substituents is 1. The molecular formula is C28H35N5O5. The third kappa shape index (κ3) is 6.13. The number of phenols is 1. The number of para-hydroxylation sites is 1. The number of imide groups is 1. The Balaban J connectivity index is 2.05. The fourth-order valence-electron chi connectivity index (χ4n) is 3.99. The highest BCUT2D eigenvalue weighted by atomic mass is 16.3. The monoisotopic (exact) mass is 521 g/mol. The zero-order chi connectivity index (χ0) is 28.1. The lowest BCUT2D eigenvalue weighted by Crippen LogP contribution is -2.50. The van der Waals surface area contributed by atoms with Crippen molar-refractivity contribution in [1.29, 1.82) is 0 Å². The van der Waals surface area contributed by atoms with Gasteiger partial charge in [-0.3, -0.25) is 24.1 Å². The summed E-state index contributed by atoms with van der Waals surface area (Å²) in [4.78, 5) is 55.0. The molecule has 2 aromatic rings. The zero-order valence-corrected chi connectivity index (χ0v) is 22.5. The predicted octanol–water partition coefficient (Wildman–Crippen LogP) is 2.43. The van der Waals surface area contributed by atoms with Crippen molar-refractivity contribution >= 4 is 29.3 Å². The molecule has 1 aliphatic rings. The summed E-state index contributed by atoms with van der Waals surface area (Å²) in [6.07, 6.45) is 0. The van der Waals surface area contributed by atoms with Gasteiger partial charge in [-0.05, 0) is 37.5 Å². The van der Waals surface area contributed by atoms with E-state index < -0.39 is 23.8 Å². The van der Waals surface area contributed by atoms with E-state index in [2.05, 4.69) is 16.0 Å². The molecule has 1 atom stereocenters. The van der Waals surface area contributed by atoms with Crippen LogP contribution in [0, 0.1) is 5.92 Å². The molecule has 0 spiro atoms. The zero-order valence-electron chi connectivity index (χ0n) is 22.5. The van der Waals surface area contributed by atoms with Crippen LogP contribution in [0.25, 0.3) is 0 Å². The van der Waals surface area contributed by atoms with Crippen LogP contribution in [0.1, 0.15) is 43.6 Å². The molecule has 10 nitrogen and oxygen atoms in total. The molecule has 2 aromatic carbocycles. The van der Waals surface area contributed by atoms with Crippen LogP contribution in [-0.2, 0) is 20.9 Å². The van der Waals surface area contributed by atoms with E-state index in [1.165, 1.54) is 17.0 Å². The summed E-state index contributed by atoms with van der Waals surface area (Å²) in [6.45, 7) is 7.34. The van der Waals surface area contributed by atoms with Crippen molar-refractivity contribution in [2.45, 2.75) is 46.3 Å². The summed E-state index contributed by atoms with van der Waals surface area (Å²) >= 11 is 0. The summed E-state index contributed by atoms with van der Waals surface area (Å²) in [7, 11) is 3.11. The quantitative estimate of drug-likeness (QED) is 0.279. The number of rotatable bonds is 10. The first-order valence-electron chi connectivity index (χ1n) is 12.4. The van der Waals surface area contributed by atoms with Gasteiger partial charge < -0.3 is 26.0 Å². The predicted molar refractivity (Wildman–Crippen MR) is 144 cm³/mol. The van der Waals surface area contributed by atoms with Crippen molar-refractivity contribution in [3.05, 3.63) is 71.1 Å². The lowest BCUT2D eigenvalue weighted by molar-refractivity contribution is -0.138. The molecule has 0 aromatic heterocycles. The second-order valence-electron chi connectivity index (χ2n) is 9.99. The van der Waals surface area contributed by atoms with E-state index >= 15 is 0 Å². The van der Waals surface area contributed by atoms with Crippen LogP contribution in [0.15, 0.2) is 59.9 Å². The topological polar surface area (TPSA) is 131 Å². The van der Waals surface area contributed by atoms with Crippen molar-refractivity contribution in [2.75, 3.05) is 19.4 Å². The summed E-state index contributed by atoms with van der Waals surface area (Å²) in [5, 5.41) is 19.5. The minimum Gasteiger partial charge on any atom is -0.505 e. The van der Waals surface area contributed by atoms with Crippen LogP contribution in [-0.4, -0.2) is 64.7 Å². The molecule has 0 saturated heterocycles. The number of hydrogen-bond donors (Lipinski definition) is 4. The number of benzene rings is 2. The fourth-order valence-corrected chi connectivity index (χ4v) is 3.99. The molecule has 4 amide bonds. The molecule has 0 aliphatic carbocycles. The molecule has 1 heterocycles. The van der Waals surface area contributed by atoms with Gasteiger partial charge in [-0.15, -0.1) is 0 Å². The molecule has 4 N–H and O–H groups in total. The lowest BCUT2D eigenvalue weighted by Gasteiger charge is -2.24. The van der Waals surface area contributed by atoms with Gasteiger partial charge in [0.1, 0.15) is 17.4 Å². The van der Waals surface area contributed by atoms with Crippen molar-refractivity contribution in [3.63, 3.8) is 0 Å². The van der Waals surface area contributed by atoms with Crippen molar-refractivity contribution in [2.24, 2.45) is 5.92 Å². The second-order valence-corrected chi connectivity index (χ2v) is 9.99. The summed E-state index contributed by atoms with van der Waals surface area (Å²) < 4.78 is 0. The van der Waals surface area contributed by atoms with Gasteiger partial charge in [0.2, 0.25) is 5.91 Å². The third-order valence-corrected chi connectivity index (χ3v) is 5.96. The maximum Gasteiger partial charge on any atom is 0.279 e. The van der Waals surface area contributed by atoms with Gasteiger partial charge in [-0.25, -0.2) is 0 Å². The number of carbonyl (C=O) groups is 4. The Bertz CT molecular complexity index is 1250. The standard InChI is InChI=1S/C28H35N5O5/c1-16(2)21(25(35)29-17(3)4)31-23-22(27(37)33(28(23)38)15-18-11-8-7-9-12-18)30-20-14-10-13-19(24(20)34)26(36)32(5)6/h7-14,16-17,21,30-31,34H,15H2,1-6H3,(H,29,35)/t21-/m1/s1. The summed E-state index contributed by atoms with van der Waals surface area (Å²) in [5.74, 6) is -2.56. The first kappa shape index (κ1) is 28.2. The van der Waals surface area contributed by atoms with Crippen LogP contribution < -0.4 is 16.0 Å². The fraction of sp³-hybridized carbons (Fsp3) is 0.357. The first-order chi connectivity index (χ1) is 17.9. The average molecular weight is 522 g/mol. The second kappa shape index (κ2) is 11.8. The van der Waals surface area contributed by atoms with Gasteiger partial charge in [0.15, 0.2) is 5.75 Å². The van der Waals surface area contributed by atoms with Gasteiger partial charge >= 0.3 is 0 Å². The van der Waals surface area contributed by atoms with E-state index in [1.807, 2.05) is 45.9 Å². The van der Waals surface area contributed by atoms with E-state index in [4.69, 9.17) is 0 Å². The van der Waals surface area contributed by atoms with Crippen LogP contribution in [0.4, 0.5) is 5.69 Å². The maximum absolute atomic E-state index is 13.6. The number of nitrogens with one attached hydrogen (secondary N) is 3. The number of amides is 4. The van der Waals surface area contributed by atoms with E-state index in [0.29, 0.717) is 0 Å². The molecule has 3 rings (SSSR count). The Hall–Kier alpha value is -4.34. The number of nitrogens with zero attached hydrogens (tertiary/aromatic N) is 2. The third-order valence-electron chi connectivity index (χ3n) is 5.96. The first-order valence-corrected chi connectivity index (χ1v) is 12.4. The van der Waals surface area contributed by atoms with Gasteiger partial charge in [0.25, 0.3) is 17.7 Å². The smallest absolute Gasteiger partial charge is 0.279 e. The molecule has 0 bridgehead atoms. The van der Waals surface area contributed by atoms with Crippen LogP contribution in [0.3, 0.4) is 0 Å². The van der Waals surface area contributed by atoms with Crippen LogP contribution in [0.5, 0.6) is 5.75 Å². The van der Waals surface area contributed by atoms with Crippen molar-refractivity contribution in [3.8, 4) is 5.75 Å². The molecule has 0 saturated carbocycles. The highest BCUT2D eigenvalue weighted by molar-refractivity contribution is 6.20. The molecule has 10 heteroatoms. The molecule has 0 unspecified atom stereocenters. The van der Waals surface area contributed by atoms with Gasteiger partial charge in [0, 0.05) is 20.1 Å². The van der Waals surface area contributed by atoms with Crippen molar-refractivity contribution < 1.29 is 24.3 Å². The SMILES string of the molecule is CC(C)NC(=O)[C@H](NC1=C(Nc2cccc(C(=O)N(C)C)c2O)C(=O)N(Cc2ccccc2)C1=O)C(C)C. The molecule has 38 heavy (non-hydrogen) atoms. The Morgan fingerprint density at radius 2 is 1.55 bits per heavy atom. The average Bonchev–Trinajstić information content (AvgIpc) is 3.06. The van der Waals surface area contributed by atoms with E-state index in [1.54, 1.807) is 32.3 Å². The number of hydrogen-bond acceptors (Lipinski definition) is 7. The van der Waals surface area contributed by atoms with Gasteiger partial charge in [-0.2, -0.15) is 0 Å². The molecule has 1 aliphatic heterocycles. The van der Waals surface area contributed by atoms with Crippen molar-refractivity contribution in [1.82, 2.24) is 20.4 Å². The van der Waals surface area contributed by atoms with E-state index in [9.17, 15) is 24.3 Å². The minimum atomic E-state index is -0.812. The van der Waals surface area contributed by atoms with Gasteiger partial charge in [0.05, 0.1) is 17.8 Å². The van der Waals surface area contributed by atoms with E-state index in [0.717, 1.165) is 10.5 Å². The molecule has 0 fully saturated rings. The number of anilines is 1. The summed E-state index contributed by atoms with van der Waals surface area (Å²) in [6, 6.07) is 12.6. The van der Waals surface area contributed by atoms with E-state index in [-0.39, 0.29) is 52.8 Å². The minimum absolute atomic E-state index is 0.0184. The molecule has 0 radical (unpaired) electrons. The Morgan fingerprint density at radius 1 is 0.921 bits per heavy atom. The Morgan fingerprint density at radius 3 is 2.13 bits per heavy atom. The normalized spacial score (nSPS) is 14.3. The van der Waals surface area contributed by atoms with Crippen LogP contribution >= 0.6 is 0 Å². The highest BCUT2D eigenvalue weighted by Crippen LogP contribution is 2.32. The van der Waals surface area contributed by atoms with Crippen LogP contribution in [0.2, 0.25) is 0 Å². The Kier molecular flexibility index (Phi) is 8.77. The van der Waals surface area contributed by atoms with Gasteiger partial charge in [-0.1, -0.05) is 50.2 Å². The largest absolute Gasteiger partial charge is 0.505 e. The number of aromatic hydroxyl groups is 1.